The molecule has 30 heavy (non-hydrogen) atoms. The van der Waals surface area contributed by atoms with Crippen LogP contribution in [0.5, 0.6) is 0 Å². The monoisotopic (exact) mass is 410 g/mol. The van der Waals surface area contributed by atoms with E-state index in [1.165, 1.54) is 0 Å². The van der Waals surface area contributed by atoms with E-state index in [1.807, 2.05) is 24.4 Å². The van der Waals surface area contributed by atoms with Gasteiger partial charge in [-0.05, 0) is 37.6 Å². The quantitative estimate of drug-likeness (QED) is 0.566. The number of aromatic nitrogens is 1. The fourth-order valence-corrected chi connectivity index (χ4v) is 4.11. The van der Waals surface area contributed by atoms with Crippen LogP contribution < -0.4 is 15.5 Å². The zero-order chi connectivity index (χ0) is 21.0. The second kappa shape index (κ2) is 9.00. The number of hydrogen-bond acceptors (Lipinski definition) is 4. The van der Waals surface area contributed by atoms with Crippen molar-refractivity contribution in [2.75, 3.05) is 51.7 Å². The van der Waals surface area contributed by atoms with Gasteiger partial charge in [0.05, 0.1) is 0 Å². The van der Waals surface area contributed by atoms with Gasteiger partial charge in [0.2, 0.25) is 0 Å². The number of halogens is 1. The summed E-state index contributed by atoms with van der Waals surface area (Å²) in [6.45, 7) is 5.38. The molecule has 6 nitrogen and oxygen atoms in total. The van der Waals surface area contributed by atoms with Gasteiger partial charge in [0, 0.05) is 63.5 Å². The molecule has 1 aliphatic heterocycles. The Labute approximate surface area is 178 Å². The lowest BCUT2D eigenvalue weighted by Crippen LogP contribution is -2.45. The topological polar surface area (TPSA) is 55.8 Å². The maximum Gasteiger partial charge on any atom is 0.191 e. The van der Waals surface area contributed by atoms with E-state index in [1.54, 1.807) is 19.2 Å². The fourth-order valence-electron chi connectivity index (χ4n) is 4.11. The smallest absolute Gasteiger partial charge is 0.191 e. The maximum absolute atomic E-state index is 14.3. The van der Waals surface area contributed by atoms with Crippen molar-refractivity contribution in [1.29, 1.82) is 0 Å². The van der Waals surface area contributed by atoms with Gasteiger partial charge in [-0.1, -0.05) is 24.3 Å². The van der Waals surface area contributed by atoms with Crippen molar-refractivity contribution in [3.8, 4) is 0 Å². The Hall–Kier alpha value is -2.67. The molecule has 7 heteroatoms. The molecule has 0 amide bonds. The molecule has 1 saturated carbocycles. The molecule has 2 heterocycles. The molecule has 0 atom stereocenters. The average molecular weight is 411 g/mol. The van der Waals surface area contributed by atoms with E-state index < -0.39 is 0 Å². The number of aliphatic imine (C=N–C) groups is 1. The standard InChI is InChI=1S/C23H31FN6/c1-25-22(28-17-23(9-10-23)19-7-3-4-8-20(19)24)27-16-18-6-5-11-26-21(18)30-14-12-29(2)13-15-30/h3-8,11H,9-10,12-17H2,1-2H3,(H2,25,27,28). The zero-order valence-corrected chi connectivity index (χ0v) is 17.9. The number of likely N-dealkylation sites (N-methyl/N-ethyl adjacent to an activating group) is 1. The number of pyridine rings is 1. The molecule has 1 aromatic heterocycles. The van der Waals surface area contributed by atoms with Crippen molar-refractivity contribution in [1.82, 2.24) is 20.5 Å². The summed E-state index contributed by atoms with van der Waals surface area (Å²) in [6, 6.07) is 11.2. The van der Waals surface area contributed by atoms with E-state index in [0.717, 1.165) is 61.9 Å². The van der Waals surface area contributed by atoms with E-state index >= 15 is 0 Å². The molecule has 2 fully saturated rings. The summed E-state index contributed by atoms with van der Waals surface area (Å²) in [4.78, 5) is 13.7. The van der Waals surface area contributed by atoms with Gasteiger partial charge in [-0.15, -0.1) is 0 Å². The van der Waals surface area contributed by atoms with Gasteiger partial charge in [0.15, 0.2) is 5.96 Å². The number of guanidine groups is 1. The van der Waals surface area contributed by atoms with Crippen LogP contribution in [0.2, 0.25) is 0 Å². The molecule has 1 aromatic carbocycles. The fraction of sp³-hybridized carbons (Fsp3) is 0.478. The van der Waals surface area contributed by atoms with Crippen LogP contribution in [0.15, 0.2) is 47.6 Å². The Bertz CT molecular complexity index is 887. The minimum Gasteiger partial charge on any atom is -0.356 e. The summed E-state index contributed by atoms with van der Waals surface area (Å²) >= 11 is 0. The number of hydrogen-bond donors (Lipinski definition) is 2. The third kappa shape index (κ3) is 4.56. The van der Waals surface area contributed by atoms with Gasteiger partial charge in [0.1, 0.15) is 11.6 Å². The van der Waals surface area contributed by atoms with Gasteiger partial charge in [-0.25, -0.2) is 9.37 Å². The van der Waals surface area contributed by atoms with Crippen LogP contribution in [-0.2, 0) is 12.0 Å². The third-order valence-electron chi connectivity index (χ3n) is 6.23. The van der Waals surface area contributed by atoms with E-state index in [4.69, 9.17) is 0 Å². The molecule has 2 N–H and O–H groups in total. The van der Waals surface area contributed by atoms with Crippen LogP contribution in [0, 0.1) is 5.82 Å². The highest BCUT2D eigenvalue weighted by atomic mass is 19.1. The number of nitrogens with zero attached hydrogens (tertiary/aromatic N) is 4. The average Bonchev–Trinajstić information content (AvgIpc) is 3.56. The summed E-state index contributed by atoms with van der Waals surface area (Å²) in [5, 5.41) is 6.81. The predicted octanol–water partition coefficient (Wildman–Crippen LogP) is 2.37. The minimum atomic E-state index is -0.123. The first-order valence-electron chi connectivity index (χ1n) is 10.7. The first-order chi connectivity index (χ1) is 14.6. The molecule has 0 bridgehead atoms. The van der Waals surface area contributed by atoms with Crippen molar-refractivity contribution in [3.05, 3.63) is 59.5 Å². The maximum atomic E-state index is 14.3. The van der Waals surface area contributed by atoms with Gasteiger partial charge in [0.25, 0.3) is 0 Å². The van der Waals surface area contributed by atoms with Crippen LogP contribution in [0.1, 0.15) is 24.0 Å². The highest BCUT2D eigenvalue weighted by Gasteiger charge is 2.45. The Morgan fingerprint density at radius 2 is 1.87 bits per heavy atom. The molecule has 1 aliphatic carbocycles. The second-order valence-corrected chi connectivity index (χ2v) is 8.32. The predicted molar refractivity (Wildman–Crippen MR) is 119 cm³/mol. The molecule has 160 valence electrons. The highest BCUT2D eigenvalue weighted by Crippen LogP contribution is 2.48. The van der Waals surface area contributed by atoms with Crippen LogP contribution in [0.3, 0.4) is 0 Å². The van der Waals surface area contributed by atoms with Crippen molar-refractivity contribution in [3.63, 3.8) is 0 Å². The van der Waals surface area contributed by atoms with E-state index in [-0.39, 0.29) is 11.2 Å². The summed E-state index contributed by atoms with van der Waals surface area (Å²) in [7, 11) is 3.92. The van der Waals surface area contributed by atoms with Crippen LogP contribution >= 0.6 is 0 Å². The molecular weight excluding hydrogens is 379 g/mol. The van der Waals surface area contributed by atoms with Crippen molar-refractivity contribution in [2.24, 2.45) is 4.99 Å². The number of rotatable bonds is 6. The molecule has 4 rings (SSSR count). The van der Waals surface area contributed by atoms with Crippen LogP contribution in [0.25, 0.3) is 0 Å². The molecule has 1 saturated heterocycles. The highest BCUT2D eigenvalue weighted by molar-refractivity contribution is 5.80. The molecule has 2 aliphatic rings. The zero-order valence-electron chi connectivity index (χ0n) is 17.9. The summed E-state index contributed by atoms with van der Waals surface area (Å²) in [5.41, 5.74) is 1.83. The van der Waals surface area contributed by atoms with Crippen molar-refractivity contribution in [2.45, 2.75) is 24.8 Å². The first-order valence-corrected chi connectivity index (χ1v) is 10.7. The Morgan fingerprint density at radius 3 is 2.57 bits per heavy atom. The van der Waals surface area contributed by atoms with Crippen molar-refractivity contribution < 1.29 is 4.39 Å². The van der Waals surface area contributed by atoms with Crippen LogP contribution in [0.4, 0.5) is 10.2 Å². The minimum absolute atomic E-state index is 0.119. The molecular formula is C23H31FN6. The first kappa shape index (κ1) is 20.6. The second-order valence-electron chi connectivity index (χ2n) is 8.32. The molecule has 2 aromatic rings. The Balaban J connectivity index is 1.36. The number of piperazine rings is 1. The summed E-state index contributed by atoms with van der Waals surface area (Å²) < 4.78 is 14.3. The van der Waals surface area contributed by atoms with Gasteiger partial charge in [-0.3, -0.25) is 4.99 Å². The number of anilines is 1. The van der Waals surface area contributed by atoms with E-state index in [9.17, 15) is 4.39 Å². The molecule has 0 spiro atoms. The Morgan fingerprint density at radius 1 is 1.10 bits per heavy atom. The lowest BCUT2D eigenvalue weighted by molar-refractivity contribution is 0.312. The lowest BCUT2D eigenvalue weighted by Gasteiger charge is -2.34. The number of benzene rings is 1. The van der Waals surface area contributed by atoms with Gasteiger partial charge in [-0.2, -0.15) is 0 Å². The summed E-state index contributed by atoms with van der Waals surface area (Å²) in [5.74, 6) is 1.65. The van der Waals surface area contributed by atoms with Gasteiger partial charge < -0.3 is 20.4 Å². The van der Waals surface area contributed by atoms with E-state index in [2.05, 4.69) is 43.5 Å². The normalized spacial score (nSPS) is 18.9. The Kier molecular flexibility index (Phi) is 6.18. The molecule has 0 radical (unpaired) electrons. The van der Waals surface area contributed by atoms with E-state index in [0.29, 0.717) is 13.1 Å². The lowest BCUT2D eigenvalue weighted by atomic mass is 9.95. The third-order valence-corrected chi connectivity index (χ3v) is 6.23. The molecule has 0 unspecified atom stereocenters. The number of nitrogens with one attached hydrogen (secondary N) is 2. The van der Waals surface area contributed by atoms with Crippen LogP contribution in [-0.4, -0.2) is 62.7 Å². The van der Waals surface area contributed by atoms with Gasteiger partial charge >= 0.3 is 0 Å². The van der Waals surface area contributed by atoms with Crippen molar-refractivity contribution >= 4 is 11.8 Å². The SMILES string of the molecule is CN=C(NCc1cccnc1N1CCN(C)CC1)NCC1(c2ccccc2F)CC1. The summed E-state index contributed by atoms with van der Waals surface area (Å²) in [6.07, 6.45) is 3.84. The largest absolute Gasteiger partial charge is 0.356 e.